The lowest BCUT2D eigenvalue weighted by atomic mass is 10.1. The summed E-state index contributed by atoms with van der Waals surface area (Å²) >= 11 is 0. The molecule has 3 rings (SSSR count). The van der Waals surface area contributed by atoms with E-state index >= 15 is 0 Å². The molecule has 0 fully saturated rings. The molecule has 0 unspecified atom stereocenters. The fourth-order valence-electron chi connectivity index (χ4n) is 2.83. The highest BCUT2D eigenvalue weighted by molar-refractivity contribution is 5.75. The van der Waals surface area contributed by atoms with Crippen molar-refractivity contribution in [3.05, 3.63) is 76.8 Å². The minimum Gasteiger partial charge on any atom is -0.494 e. The van der Waals surface area contributed by atoms with E-state index in [2.05, 4.69) is 15.4 Å². The summed E-state index contributed by atoms with van der Waals surface area (Å²) in [5.41, 5.74) is 2.42. The van der Waals surface area contributed by atoms with Crippen LogP contribution in [0.2, 0.25) is 0 Å². The lowest BCUT2D eigenvalue weighted by Gasteiger charge is -2.09. The van der Waals surface area contributed by atoms with Crippen LogP contribution in [0.1, 0.15) is 25.3 Å². The van der Waals surface area contributed by atoms with Gasteiger partial charge in [-0.3, -0.25) is 14.6 Å². The minimum absolute atomic E-state index is 0.0578. The molecule has 1 amide bonds. The van der Waals surface area contributed by atoms with Crippen LogP contribution in [0.15, 0.2) is 65.7 Å². The van der Waals surface area contributed by atoms with Gasteiger partial charge >= 0.3 is 0 Å². The van der Waals surface area contributed by atoms with Crippen molar-refractivity contribution in [3.63, 3.8) is 0 Å². The Hall–Kier alpha value is -3.48. The summed E-state index contributed by atoms with van der Waals surface area (Å²) in [6.45, 7) is 3.39. The van der Waals surface area contributed by atoms with Crippen molar-refractivity contribution in [1.82, 2.24) is 20.1 Å². The zero-order valence-electron chi connectivity index (χ0n) is 16.4. The average molecular weight is 392 g/mol. The number of rotatable bonds is 9. The third kappa shape index (κ3) is 6.00. The van der Waals surface area contributed by atoms with E-state index in [4.69, 9.17) is 4.74 Å². The maximum atomic E-state index is 12.1. The predicted molar refractivity (Wildman–Crippen MR) is 110 cm³/mol. The SMILES string of the molecule is CCOc1ccc(-c2ccc(=O)n(CCCC(=O)NCc3ccncc3)n2)cc1. The summed E-state index contributed by atoms with van der Waals surface area (Å²) in [5, 5.41) is 7.30. The molecule has 0 radical (unpaired) electrons. The molecule has 0 aliphatic rings. The fraction of sp³-hybridized carbons (Fsp3) is 0.273. The Kier molecular flexibility index (Phi) is 7.10. The van der Waals surface area contributed by atoms with E-state index in [0.717, 1.165) is 16.9 Å². The van der Waals surface area contributed by atoms with Gasteiger partial charge < -0.3 is 10.1 Å². The van der Waals surface area contributed by atoms with Gasteiger partial charge in [0.25, 0.3) is 5.56 Å². The van der Waals surface area contributed by atoms with Crippen LogP contribution in [-0.2, 0) is 17.9 Å². The molecule has 1 N–H and O–H groups in total. The summed E-state index contributed by atoms with van der Waals surface area (Å²) in [4.78, 5) is 28.1. The summed E-state index contributed by atoms with van der Waals surface area (Å²) in [7, 11) is 0. The standard InChI is InChI=1S/C22H24N4O3/c1-2-29-19-7-5-18(6-8-19)20-9-10-22(28)26(25-20)15-3-4-21(27)24-16-17-11-13-23-14-12-17/h5-14H,2-4,15-16H2,1H3,(H,24,27). The Bertz CT molecular complexity index is 985. The number of benzene rings is 1. The minimum atomic E-state index is -0.183. The maximum Gasteiger partial charge on any atom is 0.266 e. The molecular weight excluding hydrogens is 368 g/mol. The van der Waals surface area contributed by atoms with Gasteiger partial charge in [0.2, 0.25) is 5.91 Å². The second-order valence-corrected chi connectivity index (χ2v) is 6.47. The fourth-order valence-corrected chi connectivity index (χ4v) is 2.83. The number of carbonyl (C=O) groups is 1. The largest absolute Gasteiger partial charge is 0.494 e. The molecular formula is C22H24N4O3. The van der Waals surface area contributed by atoms with Gasteiger partial charge in [0.1, 0.15) is 5.75 Å². The van der Waals surface area contributed by atoms with Gasteiger partial charge in [0.05, 0.1) is 12.3 Å². The lowest BCUT2D eigenvalue weighted by Crippen LogP contribution is -2.25. The van der Waals surface area contributed by atoms with E-state index in [0.29, 0.717) is 38.2 Å². The zero-order valence-corrected chi connectivity index (χ0v) is 16.4. The molecule has 0 saturated carbocycles. The number of hydrogen-bond donors (Lipinski definition) is 1. The van der Waals surface area contributed by atoms with E-state index in [-0.39, 0.29) is 11.5 Å². The summed E-state index contributed by atoms with van der Waals surface area (Å²) in [6.07, 6.45) is 4.24. The first-order chi connectivity index (χ1) is 14.2. The monoisotopic (exact) mass is 392 g/mol. The Labute approximate surface area is 169 Å². The van der Waals surface area contributed by atoms with Crippen molar-refractivity contribution >= 4 is 5.91 Å². The molecule has 0 spiro atoms. The van der Waals surface area contributed by atoms with E-state index in [9.17, 15) is 9.59 Å². The molecule has 2 heterocycles. The predicted octanol–water partition coefficient (Wildman–Crippen LogP) is 2.80. The van der Waals surface area contributed by atoms with Gasteiger partial charge in [-0.15, -0.1) is 0 Å². The van der Waals surface area contributed by atoms with E-state index in [1.807, 2.05) is 43.3 Å². The van der Waals surface area contributed by atoms with E-state index in [1.54, 1.807) is 18.5 Å². The summed E-state index contributed by atoms with van der Waals surface area (Å²) in [5.74, 6) is 0.736. The van der Waals surface area contributed by atoms with Crippen molar-refractivity contribution in [2.24, 2.45) is 0 Å². The van der Waals surface area contributed by atoms with E-state index < -0.39 is 0 Å². The summed E-state index contributed by atoms with van der Waals surface area (Å²) < 4.78 is 6.85. The van der Waals surface area contributed by atoms with Crippen LogP contribution in [0.3, 0.4) is 0 Å². The third-order valence-electron chi connectivity index (χ3n) is 4.34. The topological polar surface area (TPSA) is 86.1 Å². The van der Waals surface area contributed by atoms with Gasteiger partial charge in [0.15, 0.2) is 0 Å². The third-order valence-corrected chi connectivity index (χ3v) is 4.34. The molecule has 7 nitrogen and oxygen atoms in total. The molecule has 29 heavy (non-hydrogen) atoms. The lowest BCUT2D eigenvalue weighted by molar-refractivity contribution is -0.121. The normalized spacial score (nSPS) is 10.5. The number of nitrogens with one attached hydrogen (secondary N) is 1. The van der Waals surface area contributed by atoms with Crippen LogP contribution >= 0.6 is 0 Å². The number of carbonyl (C=O) groups excluding carboxylic acids is 1. The van der Waals surface area contributed by atoms with Gasteiger partial charge in [-0.1, -0.05) is 0 Å². The molecule has 0 aliphatic carbocycles. The Morgan fingerprint density at radius 3 is 2.55 bits per heavy atom. The molecule has 0 bridgehead atoms. The highest BCUT2D eigenvalue weighted by Crippen LogP contribution is 2.19. The second kappa shape index (κ2) is 10.2. The number of aromatic nitrogens is 3. The molecule has 150 valence electrons. The van der Waals surface area contributed by atoms with Crippen molar-refractivity contribution < 1.29 is 9.53 Å². The number of nitrogens with zero attached hydrogens (tertiary/aromatic N) is 3. The van der Waals surface area contributed by atoms with Crippen LogP contribution in [0, 0.1) is 0 Å². The quantitative estimate of drug-likeness (QED) is 0.605. The van der Waals surface area contributed by atoms with Crippen LogP contribution in [0.4, 0.5) is 0 Å². The van der Waals surface area contributed by atoms with Gasteiger partial charge in [-0.2, -0.15) is 5.10 Å². The number of aryl methyl sites for hydroxylation is 1. The first kappa shape index (κ1) is 20.3. The second-order valence-electron chi connectivity index (χ2n) is 6.47. The van der Waals surface area contributed by atoms with Crippen LogP contribution in [0.5, 0.6) is 5.75 Å². The first-order valence-corrected chi connectivity index (χ1v) is 9.62. The molecule has 0 aliphatic heterocycles. The molecule has 2 aromatic heterocycles. The highest BCUT2D eigenvalue weighted by atomic mass is 16.5. The molecule has 3 aromatic rings. The number of ether oxygens (including phenoxy) is 1. The average Bonchev–Trinajstić information content (AvgIpc) is 2.75. The maximum absolute atomic E-state index is 12.1. The smallest absolute Gasteiger partial charge is 0.266 e. The molecule has 0 saturated heterocycles. The van der Waals surface area contributed by atoms with E-state index in [1.165, 1.54) is 10.7 Å². The first-order valence-electron chi connectivity index (χ1n) is 9.62. The van der Waals surface area contributed by atoms with Crippen LogP contribution in [-0.4, -0.2) is 27.3 Å². The Morgan fingerprint density at radius 1 is 1.07 bits per heavy atom. The summed E-state index contributed by atoms with van der Waals surface area (Å²) in [6, 6.07) is 14.5. The zero-order chi connectivity index (χ0) is 20.5. The number of pyridine rings is 1. The number of amides is 1. The Balaban J connectivity index is 1.54. The van der Waals surface area contributed by atoms with Gasteiger partial charge in [-0.05, 0) is 61.4 Å². The van der Waals surface area contributed by atoms with Crippen LogP contribution < -0.4 is 15.6 Å². The van der Waals surface area contributed by atoms with Crippen LogP contribution in [0.25, 0.3) is 11.3 Å². The van der Waals surface area contributed by atoms with Crippen molar-refractivity contribution in [1.29, 1.82) is 0 Å². The van der Waals surface area contributed by atoms with Crippen molar-refractivity contribution in [3.8, 4) is 17.0 Å². The highest BCUT2D eigenvalue weighted by Gasteiger charge is 2.06. The van der Waals surface area contributed by atoms with Crippen molar-refractivity contribution in [2.75, 3.05) is 6.61 Å². The van der Waals surface area contributed by atoms with Crippen molar-refractivity contribution in [2.45, 2.75) is 32.9 Å². The van der Waals surface area contributed by atoms with Gasteiger partial charge in [0, 0.05) is 43.5 Å². The molecule has 1 aromatic carbocycles. The molecule has 0 atom stereocenters. The number of hydrogen-bond acceptors (Lipinski definition) is 5. The van der Waals surface area contributed by atoms with Gasteiger partial charge in [-0.25, -0.2) is 4.68 Å². The Morgan fingerprint density at radius 2 is 1.83 bits per heavy atom. The molecule has 7 heteroatoms.